The Bertz CT molecular complexity index is 823. The number of nitrogens with zero attached hydrogens (tertiary/aromatic N) is 4. The van der Waals surface area contributed by atoms with Crippen molar-refractivity contribution in [2.24, 2.45) is 5.10 Å². The molecule has 102 valence electrons. The third-order valence-corrected chi connectivity index (χ3v) is 4.25. The van der Waals surface area contributed by atoms with E-state index in [4.69, 9.17) is 0 Å². The summed E-state index contributed by atoms with van der Waals surface area (Å²) in [5, 5.41) is 6.42. The first kappa shape index (κ1) is 12.2. The molecule has 21 heavy (non-hydrogen) atoms. The molecule has 3 heterocycles. The van der Waals surface area contributed by atoms with Gasteiger partial charge in [0.25, 0.3) is 5.91 Å². The minimum absolute atomic E-state index is 0.0621. The van der Waals surface area contributed by atoms with E-state index in [0.29, 0.717) is 5.13 Å². The van der Waals surface area contributed by atoms with E-state index in [0.717, 1.165) is 21.5 Å². The maximum absolute atomic E-state index is 12.2. The minimum Gasteiger partial charge on any atom is -0.272 e. The molecule has 1 aliphatic rings. The van der Waals surface area contributed by atoms with Gasteiger partial charge in [-0.05, 0) is 24.3 Å². The van der Waals surface area contributed by atoms with Crippen molar-refractivity contribution in [2.75, 3.05) is 5.01 Å². The van der Waals surface area contributed by atoms with Crippen LogP contribution in [-0.2, 0) is 4.79 Å². The molecule has 3 aromatic rings. The molecule has 0 unspecified atom stereocenters. The van der Waals surface area contributed by atoms with Gasteiger partial charge in [-0.15, -0.1) is 0 Å². The molecule has 0 aliphatic carbocycles. The molecular formula is C15H10N4OS. The first-order valence-electron chi connectivity index (χ1n) is 6.48. The molecule has 1 aromatic carbocycles. The van der Waals surface area contributed by atoms with Crippen molar-refractivity contribution in [2.45, 2.75) is 6.42 Å². The lowest BCUT2D eigenvalue weighted by Gasteiger charge is -2.05. The Morgan fingerprint density at radius 3 is 2.86 bits per heavy atom. The molecule has 0 atom stereocenters. The van der Waals surface area contributed by atoms with Gasteiger partial charge in [0.15, 0.2) is 0 Å². The number of hydrazone groups is 1. The predicted octanol–water partition coefficient (Wildman–Crippen LogP) is 2.83. The van der Waals surface area contributed by atoms with Gasteiger partial charge in [-0.3, -0.25) is 9.78 Å². The molecule has 1 aliphatic heterocycles. The van der Waals surface area contributed by atoms with Crippen LogP contribution in [0.15, 0.2) is 53.9 Å². The van der Waals surface area contributed by atoms with Gasteiger partial charge >= 0.3 is 0 Å². The second-order valence-electron chi connectivity index (χ2n) is 4.63. The quantitative estimate of drug-likeness (QED) is 0.730. The van der Waals surface area contributed by atoms with E-state index >= 15 is 0 Å². The van der Waals surface area contributed by atoms with E-state index in [1.807, 2.05) is 36.4 Å². The second-order valence-corrected chi connectivity index (χ2v) is 5.64. The number of aromatic nitrogens is 2. The Labute approximate surface area is 124 Å². The number of para-hydroxylation sites is 1. The number of hydrogen-bond acceptors (Lipinski definition) is 5. The highest BCUT2D eigenvalue weighted by atomic mass is 32.1. The zero-order chi connectivity index (χ0) is 14.2. The third kappa shape index (κ3) is 2.09. The van der Waals surface area contributed by atoms with Crippen LogP contribution < -0.4 is 5.01 Å². The van der Waals surface area contributed by atoms with Gasteiger partial charge in [0.05, 0.1) is 22.3 Å². The first-order valence-corrected chi connectivity index (χ1v) is 7.29. The molecule has 0 radical (unpaired) electrons. The molecule has 0 fully saturated rings. The molecule has 0 saturated heterocycles. The second kappa shape index (κ2) is 4.75. The van der Waals surface area contributed by atoms with Crippen molar-refractivity contribution in [3.05, 3.63) is 54.4 Å². The zero-order valence-corrected chi connectivity index (χ0v) is 11.7. The van der Waals surface area contributed by atoms with Crippen molar-refractivity contribution in [1.29, 1.82) is 0 Å². The summed E-state index contributed by atoms with van der Waals surface area (Å²) in [6.45, 7) is 0. The van der Waals surface area contributed by atoms with Crippen LogP contribution in [0.25, 0.3) is 10.2 Å². The van der Waals surface area contributed by atoms with Crippen LogP contribution >= 0.6 is 11.3 Å². The molecule has 0 saturated carbocycles. The van der Waals surface area contributed by atoms with E-state index in [9.17, 15) is 4.79 Å². The highest BCUT2D eigenvalue weighted by molar-refractivity contribution is 7.22. The van der Waals surface area contributed by atoms with Crippen molar-refractivity contribution in [3.8, 4) is 0 Å². The highest BCUT2D eigenvalue weighted by Gasteiger charge is 2.28. The van der Waals surface area contributed by atoms with Gasteiger partial charge in [-0.2, -0.15) is 10.1 Å². The largest absolute Gasteiger partial charge is 0.272 e. The Hall–Kier alpha value is -2.60. The zero-order valence-electron chi connectivity index (χ0n) is 10.9. The monoisotopic (exact) mass is 294 g/mol. The molecule has 4 rings (SSSR count). The van der Waals surface area contributed by atoms with Crippen LogP contribution in [0.5, 0.6) is 0 Å². The van der Waals surface area contributed by atoms with Crippen LogP contribution in [0.1, 0.15) is 12.0 Å². The summed E-state index contributed by atoms with van der Waals surface area (Å²) in [6, 6.07) is 11.6. The van der Waals surface area contributed by atoms with Gasteiger partial charge in [0, 0.05) is 18.0 Å². The summed E-state index contributed by atoms with van der Waals surface area (Å²) in [7, 11) is 0. The number of pyridine rings is 1. The van der Waals surface area contributed by atoms with E-state index in [2.05, 4.69) is 15.1 Å². The summed E-state index contributed by atoms with van der Waals surface area (Å²) < 4.78 is 1.05. The molecule has 5 nitrogen and oxygen atoms in total. The van der Waals surface area contributed by atoms with E-state index in [1.165, 1.54) is 16.3 Å². The summed E-state index contributed by atoms with van der Waals surface area (Å²) >= 11 is 1.47. The standard InChI is InChI=1S/C15H10N4OS/c20-14-8-12(10-4-3-7-16-9-10)18-19(14)15-17-11-5-1-2-6-13(11)21-15/h1-7,9H,8H2. The molecule has 0 spiro atoms. The normalized spacial score (nSPS) is 14.8. The van der Waals surface area contributed by atoms with Crippen LogP contribution in [0.2, 0.25) is 0 Å². The lowest BCUT2D eigenvalue weighted by molar-refractivity contribution is -0.116. The van der Waals surface area contributed by atoms with Crippen LogP contribution in [0, 0.1) is 0 Å². The number of carbonyl (C=O) groups is 1. The number of rotatable bonds is 2. The Balaban J connectivity index is 1.74. The van der Waals surface area contributed by atoms with E-state index in [-0.39, 0.29) is 12.3 Å². The lowest BCUT2D eigenvalue weighted by Crippen LogP contribution is -2.19. The third-order valence-electron chi connectivity index (χ3n) is 3.23. The maximum Gasteiger partial charge on any atom is 0.255 e. The Morgan fingerprint density at radius 1 is 1.14 bits per heavy atom. The van der Waals surface area contributed by atoms with Crippen molar-refractivity contribution < 1.29 is 4.79 Å². The number of fused-ring (bicyclic) bond motifs is 1. The fourth-order valence-electron chi connectivity index (χ4n) is 2.22. The topological polar surface area (TPSA) is 58.5 Å². The summed E-state index contributed by atoms with van der Waals surface area (Å²) in [6.07, 6.45) is 3.70. The molecule has 6 heteroatoms. The van der Waals surface area contributed by atoms with Gasteiger partial charge in [0.2, 0.25) is 5.13 Å². The van der Waals surface area contributed by atoms with Gasteiger partial charge in [0.1, 0.15) is 0 Å². The molecule has 0 N–H and O–H groups in total. The van der Waals surface area contributed by atoms with E-state index < -0.39 is 0 Å². The van der Waals surface area contributed by atoms with Crippen molar-refractivity contribution in [1.82, 2.24) is 9.97 Å². The van der Waals surface area contributed by atoms with Crippen LogP contribution in [-0.4, -0.2) is 21.6 Å². The number of anilines is 1. The fraction of sp³-hybridized carbons (Fsp3) is 0.0667. The first-order chi connectivity index (χ1) is 10.3. The SMILES string of the molecule is O=C1CC(c2cccnc2)=NN1c1nc2ccccc2s1. The number of carbonyl (C=O) groups excluding carboxylic acids is 1. The summed E-state index contributed by atoms with van der Waals surface area (Å²) in [4.78, 5) is 20.7. The highest BCUT2D eigenvalue weighted by Crippen LogP contribution is 2.31. The average Bonchev–Trinajstić information content (AvgIpc) is 3.11. The smallest absolute Gasteiger partial charge is 0.255 e. The Kier molecular flexibility index (Phi) is 2.75. The summed E-state index contributed by atoms with van der Waals surface area (Å²) in [5.41, 5.74) is 2.48. The number of hydrogen-bond donors (Lipinski definition) is 0. The molecular weight excluding hydrogens is 284 g/mol. The number of benzene rings is 1. The molecule has 2 aromatic heterocycles. The average molecular weight is 294 g/mol. The van der Waals surface area contributed by atoms with Gasteiger partial charge in [-0.25, -0.2) is 4.98 Å². The lowest BCUT2D eigenvalue weighted by atomic mass is 10.1. The van der Waals surface area contributed by atoms with Crippen LogP contribution in [0.3, 0.4) is 0 Å². The summed E-state index contributed by atoms with van der Waals surface area (Å²) in [5.74, 6) is -0.0621. The maximum atomic E-state index is 12.2. The molecule has 0 bridgehead atoms. The number of amides is 1. The van der Waals surface area contributed by atoms with Gasteiger partial charge in [-0.1, -0.05) is 23.5 Å². The Morgan fingerprint density at radius 2 is 2.05 bits per heavy atom. The number of thiazole rings is 1. The van der Waals surface area contributed by atoms with Crippen molar-refractivity contribution in [3.63, 3.8) is 0 Å². The van der Waals surface area contributed by atoms with E-state index in [1.54, 1.807) is 12.4 Å². The minimum atomic E-state index is -0.0621. The molecule has 1 amide bonds. The fourth-order valence-corrected chi connectivity index (χ4v) is 3.16. The van der Waals surface area contributed by atoms with Crippen LogP contribution in [0.4, 0.5) is 5.13 Å². The van der Waals surface area contributed by atoms with Crippen molar-refractivity contribution >= 4 is 38.3 Å². The van der Waals surface area contributed by atoms with Gasteiger partial charge < -0.3 is 0 Å². The predicted molar refractivity (Wildman–Crippen MR) is 82.5 cm³/mol.